The molecule has 1 aromatic heterocycles. The van der Waals surface area contributed by atoms with Crippen LogP contribution in [0.5, 0.6) is 11.5 Å². The molecule has 1 N–H and O–H groups in total. The van der Waals surface area contributed by atoms with Crippen molar-refractivity contribution < 1.29 is 9.47 Å². The monoisotopic (exact) mass is 353 g/mol. The van der Waals surface area contributed by atoms with Crippen LogP contribution in [0.15, 0.2) is 33.4 Å². The fourth-order valence-corrected chi connectivity index (χ4v) is 3.36. The molecule has 2 aromatic rings. The molecule has 0 fully saturated rings. The highest BCUT2D eigenvalue weighted by atomic mass is 79.9. The van der Waals surface area contributed by atoms with Gasteiger partial charge in [-0.1, -0.05) is 15.9 Å². The van der Waals surface area contributed by atoms with Crippen LogP contribution in [0.3, 0.4) is 0 Å². The first kappa shape index (κ1) is 13.9. The van der Waals surface area contributed by atoms with E-state index >= 15 is 0 Å². The van der Waals surface area contributed by atoms with Gasteiger partial charge in [-0.2, -0.15) is 11.3 Å². The van der Waals surface area contributed by atoms with Crippen molar-refractivity contribution in [2.45, 2.75) is 25.9 Å². The molecule has 106 valence electrons. The van der Waals surface area contributed by atoms with E-state index in [0.717, 1.165) is 28.9 Å². The molecule has 0 saturated heterocycles. The van der Waals surface area contributed by atoms with E-state index in [1.165, 1.54) is 11.1 Å². The maximum Gasteiger partial charge on any atom is 0.231 e. The van der Waals surface area contributed by atoms with Gasteiger partial charge in [0.1, 0.15) is 0 Å². The summed E-state index contributed by atoms with van der Waals surface area (Å²) in [6.45, 7) is 3.33. The highest BCUT2D eigenvalue weighted by molar-refractivity contribution is 9.10. The zero-order chi connectivity index (χ0) is 13.9. The number of ether oxygens (including phenoxy) is 2. The summed E-state index contributed by atoms with van der Waals surface area (Å²) in [5.74, 6) is 1.64. The molecule has 0 spiro atoms. The van der Waals surface area contributed by atoms with Crippen molar-refractivity contribution in [3.05, 3.63) is 44.6 Å². The van der Waals surface area contributed by atoms with Crippen LogP contribution in [-0.4, -0.2) is 12.8 Å². The van der Waals surface area contributed by atoms with Crippen molar-refractivity contribution in [1.82, 2.24) is 5.32 Å². The van der Waals surface area contributed by atoms with Crippen LogP contribution >= 0.6 is 27.3 Å². The number of rotatable bonds is 5. The second-order valence-corrected chi connectivity index (χ2v) is 6.55. The fourth-order valence-electron chi connectivity index (χ4n) is 2.21. The largest absolute Gasteiger partial charge is 0.454 e. The Kier molecular flexibility index (Phi) is 4.29. The van der Waals surface area contributed by atoms with Crippen molar-refractivity contribution in [2.24, 2.45) is 0 Å². The van der Waals surface area contributed by atoms with Crippen LogP contribution < -0.4 is 14.8 Å². The van der Waals surface area contributed by atoms with E-state index in [9.17, 15) is 0 Å². The molecule has 0 amide bonds. The van der Waals surface area contributed by atoms with E-state index in [1.54, 1.807) is 11.3 Å². The minimum absolute atomic E-state index is 0.313. The molecule has 1 aromatic carbocycles. The third-order valence-electron chi connectivity index (χ3n) is 3.30. The van der Waals surface area contributed by atoms with Crippen molar-refractivity contribution in [3.63, 3.8) is 0 Å². The summed E-state index contributed by atoms with van der Waals surface area (Å²) in [7, 11) is 0. The van der Waals surface area contributed by atoms with E-state index in [-0.39, 0.29) is 0 Å². The van der Waals surface area contributed by atoms with Crippen LogP contribution in [0.25, 0.3) is 0 Å². The molecule has 1 aliphatic heterocycles. The Labute approximate surface area is 131 Å². The third kappa shape index (κ3) is 3.16. The average molecular weight is 354 g/mol. The van der Waals surface area contributed by atoms with Gasteiger partial charge in [0.2, 0.25) is 6.79 Å². The maximum absolute atomic E-state index is 5.42. The van der Waals surface area contributed by atoms with Crippen LogP contribution in [0.1, 0.15) is 18.1 Å². The molecule has 0 bridgehead atoms. The lowest BCUT2D eigenvalue weighted by Gasteiger charge is -2.14. The van der Waals surface area contributed by atoms with Crippen LogP contribution in [0.2, 0.25) is 0 Å². The highest BCUT2D eigenvalue weighted by Gasteiger charge is 2.16. The number of hydrogen-bond donors (Lipinski definition) is 1. The van der Waals surface area contributed by atoms with Gasteiger partial charge in [-0.05, 0) is 53.4 Å². The predicted molar refractivity (Wildman–Crippen MR) is 84.6 cm³/mol. The minimum Gasteiger partial charge on any atom is -0.454 e. The molecule has 0 saturated carbocycles. The Hall–Kier alpha value is -1.04. The van der Waals surface area contributed by atoms with Crippen molar-refractivity contribution in [1.29, 1.82) is 0 Å². The quantitative estimate of drug-likeness (QED) is 0.882. The van der Waals surface area contributed by atoms with E-state index in [4.69, 9.17) is 9.47 Å². The van der Waals surface area contributed by atoms with Crippen LogP contribution in [0, 0.1) is 0 Å². The molecule has 1 atom stereocenters. The molecule has 1 aliphatic rings. The van der Waals surface area contributed by atoms with Gasteiger partial charge in [0.25, 0.3) is 0 Å². The smallest absolute Gasteiger partial charge is 0.231 e. The van der Waals surface area contributed by atoms with Gasteiger partial charge in [-0.15, -0.1) is 0 Å². The van der Waals surface area contributed by atoms with Gasteiger partial charge in [0.05, 0.1) is 0 Å². The van der Waals surface area contributed by atoms with Crippen molar-refractivity contribution in [3.8, 4) is 11.5 Å². The summed E-state index contributed by atoms with van der Waals surface area (Å²) < 4.78 is 11.8. The number of fused-ring (bicyclic) bond motifs is 1. The Morgan fingerprint density at radius 3 is 2.90 bits per heavy atom. The van der Waals surface area contributed by atoms with Crippen LogP contribution in [0.4, 0.5) is 0 Å². The Balaban J connectivity index is 1.60. The number of thiophene rings is 1. The molecule has 0 radical (unpaired) electrons. The Morgan fingerprint density at radius 2 is 2.15 bits per heavy atom. The molecule has 20 heavy (non-hydrogen) atoms. The number of benzene rings is 1. The Bertz CT molecular complexity index is 586. The number of hydrogen-bond acceptors (Lipinski definition) is 4. The van der Waals surface area contributed by atoms with Crippen molar-refractivity contribution in [2.75, 3.05) is 6.79 Å². The molecule has 3 rings (SSSR count). The van der Waals surface area contributed by atoms with Gasteiger partial charge in [-0.3, -0.25) is 0 Å². The molecule has 3 nitrogen and oxygen atoms in total. The van der Waals surface area contributed by atoms with Gasteiger partial charge in [0.15, 0.2) is 11.5 Å². The lowest BCUT2D eigenvalue weighted by Crippen LogP contribution is -2.27. The minimum atomic E-state index is 0.313. The Morgan fingerprint density at radius 1 is 1.35 bits per heavy atom. The molecule has 1 unspecified atom stereocenters. The summed E-state index contributed by atoms with van der Waals surface area (Å²) in [6, 6.07) is 6.63. The van der Waals surface area contributed by atoms with E-state index in [1.807, 2.05) is 12.1 Å². The fraction of sp³-hybridized carbons (Fsp3) is 0.333. The lowest BCUT2D eigenvalue weighted by atomic mass is 10.1. The normalized spacial score (nSPS) is 14.5. The SMILES string of the molecule is CC(Cc1ccsc1)NCc1cc2c(cc1Br)OCO2. The second kappa shape index (κ2) is 6.16. The predicted octanol–water partition coefficient (Wildman–Crippen LogP) is 3.96. The van der Waals surface area contributed by atoms with Gasteiger partial charge >= 0.3 is 0 Å². The number of nitrogens with one attached hydrogen (secondary N) is 1. The van der Waals surface area contributed by atoms with Crippen molar-refractivity contribution >= 4 is 27.3 Å². The molecular formula is C15H16BrNO2S. The summed E-state index contributed by atoms with van der Waals surface area (Å²) >= 11 is 5.33. The first-order valence-electron chi connectivity index (χ1n) is 6.55. The first-order valence-corrected chi connectivity index (χ1v) is 8.28. The highest BCUT2D eigenvalue weighted by Crippen LogP contribution is 2.36. The average Bonchev–Trinajstić information content (AvgIpc) is 3.06. The van der Waals surface area contributed by atoms with E-state index in [2.05, 4.69) is 45.0 Å². The molecule has 2 heterocycles. The lowest BCUT2D eigenvalue weighted by molar-refractivity contribution is 0.174. The third-order valence-corrected chi connectivity index (χ3v) is 4.77. The summed E-state index contributed by atoms with van der Waals surface area (Å²) in [5, 5.41) is 7.87. The van der Waals surface area contributed by atoms with Gasteiger partial charge < -0.3 is 14.8 Å². The molecule has 5 heteroatoms. The maximum atomic E-state index is 5.42. The van der Waals surface area contributed by atoms with E-state index in [0.29, 0.717) is 12.8 Å². The number of halogens is 1. The summed E-state index contributed by atoms with van der Waals surface area (Å²) in [6.07, 6.45) is 1.05. The summed E-state index contributed by atoms with van der Waals surface area (Å²) in [5.41, 5.74) is 2.58. The summed E-state index contributed by atoms with van der Waals surface area (Å²) in [4.78, 5) is 0. The first-order chi connectivity index (χ1) is 9.72. The van der Waals surface area contributed by atoms with Gasteiger partial charge in [-0.25, -0.2) is 0 Å². The second-order valence-electron chi connectivity index (χ2n) is 4.91. The standard InChI is InChI=1S/C15H16BrNO2S/c1-10(4-11-2-3-20-8-11)17-7-12-5-14-15(6-13(12)16)19-9-18-14/h2-3,5-6,8,10,17H,4,7,9H2,1H3. The molecule has 0 aliphatic carbocycles. The van der Waals surface area contributed by atoms with Gasteiger partial charge in [0, 0.05) is 17.1 Å². The zero-order valence-corrected chi connectivity index (χ0v) is 13.6. The topological polar surface area (TPSA) is 30.5 Å². The van der Waals surface area contributed by atoms with E-state index < -0.39 is 0 Å². The van der Waals surface area contributed by atoms with Crippen LogP contribution in [-0.2, 0) is 13.0 Å². The molecular weight excluding hydrogens is 338 g/mol. The zero-order valence-electron chi connectivity index (χ0n) is 11.2.